The number of aromatic nitrogens is 1. The van der Waals surface area contributed by atoms with Gasteiger partial charge < -0.3 is 25.0 Å². The van der Waals surface area contributed by atoms with Gasteiger partial charge in [0.1, 0.15) is 17.6 Å². The number of rotatable bonds is 6. The molecule has 0 spiro atoms. The van der Waals surface area contributed by atoms with Crippen LogP contribution in [0.4, 0.5) is 10.2 Å². The first kappa shape index (κ1) is 21.2. The molecule has 166 valence electrons. The molecular weight excluding hydrogens is 397 g/mol. The third-order valence-electron chi connectivity index (χ3n) is 5.62. The summed E-state index contributed by atoms with van der Waals surface area (Å²) in [6, 6.07) is 7.31. The summed E-state index contributed by atoms with van der Waals surface area (Å²) in [5.74, 6) is 2.59. The lowest BCUT2D eigenvalue weighted by atomic mass is 10.1. The predicted molar refractivity (Wildman–Crippen MR) is 120 cm³/mol. The summed E-state index contributed by atoms with van der Waals surface area (Å²) in [6.07, 6.45) is 3.59. The van der Waals surface area contributed by atoms with Gasteiger partial charge >= 0.3 is 0 Å². The van der Waals surface area contributed by atoms with Gasteiger partial charge in [-0.15, -0.1) is 0 Å². The predicted octanol–water partition coefficient (Wildman–Crippen LogP) is 2.89. The second kappa shape index (κ2) is 9.41. The molecule has 2 unspecified atom stereocenters. The molecule has 1 saturated heterocycles. The lowest BCUT2D eigenvalue weighted by Gasteiger charge is -2.20. The second-order valence-electron chi connectivity index (χ2n) is 7.98. The third-order valence-corrected chi connectivity index (χ3v) is 5.62. The van der Waals surface area contributed by atoms with Gasteiger partial charge in [0, 0.05) is 49.4 Å². The molecule has 31 heavy (non-hydrogen) atoms. The zero-order valence-corrected chi connectivity index (χ0v) is 18.3. The fraction of sp³-hybridized carbons (Fsp3) is 0.478. The topological polar surface area (TPSA) is 71.0 Å². The van der Waals surface area contributed by atoms with E-state index in [4.69, 9.17) is 14.5 Å². The van der Waals surface area contributed by atoms with Crippen molar-refractivity contribution in [2.75, 3.05) is 31.6 Å². The standard InChI is InChI=1S/C23H30FN5O2/c1-4-25-23(28-18-7-9-29(14-18)22-19(24)6-5-8-26-22)27-13-17-12-21-16(10-15(2)31-21)11-20(17)30-3/h5-6,8,11-12,15,18H,4,7,9-10,13-14H2,1-3H3,(H2,25,27,28). The number of aliphatic imine (C=N–C) groups is 1. The molecule has 2 aliphatic heterocycles. The maximum atomic E-state index is 14.1. The summed E-state index contributed by atoms with van der Waals surface area (Å²) in [5.41, 5.74) is 2.16. The maximum Gasteiger partial charge on any atom is 0.191 e. The zero-order chi connectivity index (χ0) is 21.8. The fourth-order valence-electron chi connectivity index (χ4n) is 4.15. The Morgan fingerprint density at radius 1 is 1.42 bits per heavy atom. The number of methoxy groups -OCH3 is 1. The van der Waals surface area contributed by atoms with Crippen LogP contribution in [-0.4, -0.2) is 49.8 Å². The SMILES string of the molecule is CCNC(=NCc1cc2c(cc1OC)CC(C)O2)NC1CCN(c2ncccc2F)C1. The van der Waals surface area contributed by atoms with Gasteiger partial charge in [-0.2, -0.15) is 0 Å². The largest absolute Gasteiger partial charge is 0.496 e. The van der Waals surface area contributed by atoms with Crippen molar-refractivity contribution in [2.45, 2.75) is 45.4 Å². The number of fused-ring (bicyclic) bond motifs is 1. The van der Waals surface area contributed by atoms with E-state index in [1.54, 1.807) is 19.4 Å². The van der Waals surface area contributed by atoms with E-state index in [0.717, 1.165) is 49.0 Å². The van der Waals surface area contributed by atoms with Gasteiger partial charge in [-0.1, -0.05) is 0 Å². The Labute approximate surface area is 182 Å². The van der Waals surface area contributed by atoms with E-state index in [1.807, 2.05) is 17.9 Å². The molecule has 0 aliphatic carbocycles. The number of anilines is 1. The average Bonchev–Trinajstić information content (AvgIpc) is 3.36. The van der Waals surface area contributed by atoms with E-state index >= 15 is 0 Å². The highest BCUT2D eigenvalue weighted by molar-refractivity contribution is 5.80. The van der Waals surface area contributed by atoms with Crippen LogP contribution >= 0.6 is 0 Å². The maximum absolute atomic E-state index is 14.1. The van der Waals surface area contributed by atoms with Crippen molar-refractivity contribution in [2.24, 2.45) is 4.99 Å². The molecule has 8 heteroatoms. The molecule has 3 heterocycles. The van der Waals surface area contributed by atoms with Crippen molar-refractivity contribution < 1.29 is 13.9 Å². The molecule has 0 radical (unpaired) electrons. The quantitative estimate of drug-likeness (QED) is 0.546. The number of guanidine groups is 1. The van der Waals surface area contributed by atoms with Crippen molar-refractivity contribution in [1.82, 2.24) is 15.6 Å². The van der Waals surface area contributed by atoms with E-state index in [1.165, 1.54) is 11.6 Å². The van der Waals surface area contributed by atoms with Gasteiger partial charge in [0.2, 0.25) is 0 Å². The van der Waals surface area contributed by atoms with Crippen molar-refractivity contribution in [3.63, 3.8) is 0 Å². The average molecular weight is 428 g/mol. The second-order valence-corrected chi connectivity index (χ2v) is 7.98. The number of pyridine rings is 1. The van der Waals surface area contributed by atoms with Gasteiger partial charge in [0.25, 0.3) is 0 Å². The number of halogens is 1. The van der Waals surface area contributed by atoms with E-state index in [2.05, 4.69) is 28.6 Å². The molecule has 2 N–H and O–H groups in total. The minimum absolute atomic E-state index is 0.158. The van der Waals surface area contributed by atoms with E-state index in [-0.39, 0.29) is 18.0 Å². The first-order valence-electron chi connectivity index (χ1n) is 10.8. The van der Waals surface area contributed by atoms with Crippen LogP contribution in [0.15, 0.2) is 35.5 Å². The van der Waals surface area contributed by atoms with Crippen LogP contribution in [-0.2, 0) is 13.0 Å². The van der Waals surface area contributed by atoms with Crippen LogP contribution in [0.3, 0.4) is 0 Å². The first-order valence-corrected chi connectivity index (χ1v) is 10.8. The molecule has 0 bridgehead atoms. The Balaban J connectivity index is 1.44. The van der Waals surface area contributed by atoms with Crippen LogP contribution in [0.1, 0.15) is 31.4 Å². The Bertz CT molecular complexity index is 952. The van der Waals surface area contributed by atoms with Gasteiger partial charge in [-0.25, -0.2) is 14.4 Å². The highest BCUT2D eigenvalue weighted by atomic mass is 19.1. The van der Waals surface area contributed by atoms with E-state index in [9.17, 15) is 4.39 Å². The summed E-state index contributed by atoms with van der Waals surface area (Å²) in [4.78, 5) is 10.9. The van der Waals surface area contributed by atoms with E-state index in [0.29, 0.717) is 18.9 Å². The van der Waals surface area contributed by atoms with Crippen molar-refractivity contribution in [3.8, 4) is 11.5 Å². The van der Waals surface area contributed by atoms with Crippen LogP contribution in [0, 0.1) is 5.82 Å². The lowest BCUT2D eigenvalue weighted by Crippen LogP contribution is -2.44. The van der Waals surface area contributed by atoms with Crippen LogP contribution in [0.5, 0.6) is 11.5 Å². The molecule has 7 nitrogen and oxygen atoms in total. The molecule has 2 atom stereocenters. The molecule has 0 saturated carbocycles. The van der Waals surface area contributed by atoms with E-state index < -0.39 is 0 Å². The van der Waals surface area contributed by atoms with Crippen LogP contribution in [0.25, 0.3) is 0 Å². The Morgan fingerprint density at radius 2 is 2.29 bits per heavy atom. The summed E-state index contributed by atoms with van der Waals surface area (Å²) >= 11 is 0. The highest BCUT2D eigenvalue weighted by Gasteiger charge is 2.26. The molecule has 1 aromatic carbocycles. The number of nitrogens with one attached hydrogen (secondary N) is 2. The molecule has 0 amide bonds. The normalized spacial score (nSPS) is 20.4. The third kappa shape index (κ3) is 4.84. The summed E-state index contributed by atoms with van der Waals surface area (Å²) < 4.78 is 25.6. The molecular formula is C23H30FN5O2. The molecule has 4 rings (SSSR count). The number of nitrogens with zero attached hydrogens (tertiary/aromatic N) is 3. The minimum atomic E-state index is -0.288. The van der Waals surface area contributed by atoms with Crippen molar-refractivity contribution >= 4 is 11.8 Å². The Hall–Kier alpha value is -3.03. The number of hydrogen-bond acceptors (Lipinski definition) is 5. The monoisotopic (exact) mass is 427 g/mol. The highest BCUT2D eigenvalue weighted by Crippen LogP contribution is 2.35. The summed E-state index contributed by atoms with van der Waals surface area (Å²) in [6.45, 7) is 6.74. The van der Waals surface area contributed by atoms with Gasteiger partial charge in [0.05, 0.1) is 13.7 Å². The first-order chi connectivity index (χ1) is 15.1. The minimum Gasteiger partial charge on any atom is -0.496 e. The number of hydrogen-bond donors (Lipinski definition) is 2. The zero-order valence-electron chi connectivity index (χ0n) is 18.3. The Morgan fingerprint density at radius 3 is 3.06 bits per heavy atom. The van der Waals surface area contributed by atoms with Crippen LogP contribution < -0.4 is 25.0 Å². The number of ether oxygens (including phenoxy) is 2. The summed E-state index contributed by atoms with van der Waals surface area (Å²) in [5, 5.41) is 6.78. The van der Waals surface area contributed by atoms with Gasteiger partial charge in [0.15, 0.2) is 17.6 Å². The lowest BCUT2D eigenvalue weighted by molar-refractivity contribution is 0.254. The van der Waals surface area contributed by atoms with Crippen molar-refractivity contribution in [1.29, 1.82) is 0 Å². The van der Waals surface area contributed by atoms with Gasteiger partial charge in [-0.3, -0.25) is 0 Å². The van der Waals surface area contributed by atoms with Crippen LogP contribution in [0.2, 0.25) is 0 Å². The number of benzene rings is 1. The molecule has 2 aliphatic rings. The smallest absolute Gasteiger partial charge is 0.191 e. The fourth-order valence-corrected chi connectivity index (χ4v) is 4.15. The molecule has 1 aromatic heterocycles. The summed E-state index contributed by atoms with van der Waals surface area (Å²) in [7, 11) is 1.68. The van der Waals surface area contributed by atoms with Gasteiger partial charge in [-0.05, 0) is 44.5 Å². The van der Waals surface area contributed by atoms with Crippen molar-refractivity contribution in [3.05, 3.63) is 47.4 Å². The Kier molecular flexibility index (Phi) is 6.44. The molecule has 1 fully saturated rings. The molecule has 2 aromatic rings.